The van der Waals surface area contributed by atoms with Crippen LogP contribution in [0.15, 0.2) is 36.5 Å². The number of aromatic carboxylic acids is 1. The van der Waals surface area contributed by atoms with E-state index in [0.717, 1.165) is 4.68 Å². The second-order valence-corrected chi connectivity index (χ2v) is 3.73. The van der Waals surface area contributed by atoms with E-state index in [9.17, 15) is 14.0 Å². The molecule has 2 aromatic rings. The van der Waals surface area contributed by atoms with Gasteiger partial charge in [-0.05, 0) is 30.3 Å². The third-order valence-corrected chi connectivity index (χ3v) is 2.36. The number of rotatable bonds is 4. The minimum absolute atomic E-state index is 0.0748. The molecule has 0 fully saturated rings. The van der Waals surface area contributed by atoms with Gasteiger partial charge >= 0.3 is 5.97 Å². The van der Waals surface area contributed by atoms with E-state index < -0.39 is 17.7 Å². The van der Waals surface area contributed by atoms with Crippen LogP contribution in [0.25, 0.3) is 0 Å². The highest BCUT2D eigenvalue weighted by Crippen LogP contribution is 2.08. The van der Waals surface area contributed by atoms with Crippen molar-refractivity contribution in [1.29, 1.82) is 0 Å². The molecule has 0 bridgehead atoms. The molecule has 6 nitrogen and oxygen atoms in total. The van der Waals surface area contributed by atoms with E-state index in [4.69, 9.17) is 5.11 Å². The van der Waals surface area contributed by atoms with Gasteiger partial charge in [-0.15, -0.1) is 0 Å². The first-order chi connectivity index (χ1) is 9.06. The van der Waals surface area contributed by atoms with E-state index in [-0.39, 0.29) is 12.2 Å². The van der Waals surface area contributed by atoms with E-state index in [0.29, 0.717) is 5.69 Å². The SMILES string of the molecule is O=C(Cn1nccc1C(=O)O)Nc1ccc(F)cc1. The van der Waals surface area contributed by atoms with Crippen molar-refractivity contribution < 1.29 is 19.1 Å². The van der Waals surface area contributed by atoms with Crippen LogP contribution in [-0.4, -0.2) is 26.8 Å². The van der Waals surface area contributed by atoms with Gasteiger partial charge in [0.05, 0.1) is 0 Å². The Kier molecular flexibility index (Phi) is 3.56. The first-order valence-electron chi connectivity index (χ1n) is 5.37. The van der Waals surface area contributed by atoms with E-state index in [2.05, 4.69) is 10.4 Å². The number of nitrogens with one attached hydrogen (secondary N) is 1. The number of amides is 1. The Balaban J connectivity index is 2.03. The van der Waals surface area contributed by atoms with Crippen molar-refractivity contribution in [3.8, 4) is 0 Å². The molecule has 0 spiro atoms. The monoisotopic (exact) mass is 263 g/mol. The lowest BCUT2D eigenvalue weighted by Crippen LogP contribution is -2.22. The molecule has 0 saturated carbocycles. The van der Waals surface area contributed by atoms with Gasteiger partial charge in [0, 0.05) is 11.9 Å². The van der Waals surface area contributed by atoms with Gasteiger partial charge < -0.3 is 10.4 Å². The van der Waals surface area contributed by atoms with Crippen molar-refractivity contribution in [2.75, 3.05) is 5.32 Å². The number of benzene rings is 1. The summed E-state index contributed by atoms with van der Waals surface area (Å²) in [5.41, 5.74) is 0.352. The molecule has 0 aliphatic carbocycles. The molecule has 0 saturated heterocycles. The Morgan fingerprint density at radius 1 is 1.26 bits per heavy atom. The summed E-state index contributed by atoms with van der Waals surface area (Å²) in [5, 5.41) is 15.1. The van der Waals surface area contributed by atoms with Gasteiger partial charge in [-0.2, -0.15) is 5.10 Å². The van der Waals surface area contributed by atoms with Crippen molar-refractivity contribution in [3.05, 3.63) is 48.0 Å². The number of halogens is 1. The molecule has 0 aliphatic rings. The average Bonchev–Trinajstić information content (AvgIpc) is 2.80. The van der Waals surface area contributed by atoms with Crippen LogP contribution in [0.4, 0.5) is 10.1 Å². The summed E-state index contributed by atoms with van der Waals surface area (Å²) in [5.74, 6) is -2.01. The van der Waals surface area contributed by atoms with Gasteiger partial charge in [0.15, 0.2) is 0 Å². The lowest BCUT2D eigenvalue weighted by Gasteiger charge is -2.06. The minimum Gasteiger partial charge on any atom is -0.477 e. The maximum Gasteiger partial charge on any atom is 0.354 e. The number of carbonyl (C=O) groups excluding carboxylic acids is 1. The van der Waals surface area contributed by atoms with Crippen LogP contribution in [0.1, 0.15) is 10.5 Å². The van der Waals surface area contributed by atoms with Crippen LogP contribution in [0.2, 0.25) is 0 Å². The normalized spacial score (nSPS) is 10.2. The molecule has 0 radical (unpaired) electrons. The van der Waals surface area contributed by atoms with Crippen LogP contribution in [0.5, 0.6) is 0 Å². The zero-order chi connectivity index (χ0) is 13.8. The molecule has 1 amide bonds. The van der Waals surface area contributed by atoms with Crippen LogP contribution >= 0.6 is 0 Å². The largest absolute Gasteiger partial charge is 0.477 e. The number of aromatic nitrogens is 2. The molecule has 0 aliphatic heterocycles. The average molecular weight is 263 g/mol. The first kappa shape index (κ1) is 12.7. The summed E-state index contributed by atoms with van der Waals surface area (Å²) in [6, 6.07) is 6.55. The van der Waals surface area contributed by atoms with Gasteiger partial charge in [0.1, 0.15) is 18.1 Å². The van der Waals surface area contributed by atoms with Crippen LogP contribution in [0.3, 0.4) is 0 Å². The molecule has 1 heterocycles. The molecule has 1 aromatic carbocycles. The topological polar surface area (TPSA) is 84.2 Å². The molecule has 19 heavy (non-hydrogen) atoms. The molecule has 2 rings (SSSR count). The first-order valence-corrected chi connectivity index (χ1v) is 5.37. The quantitative estimate of drug-likeness (QED) is 0.872. The van der Waals surface area contributed by atoms with Gasteiger partial charge in [-0.25, -0.2) is 13.9 Å². The number of hydrogen-bond acceptors (Lipinski definition) is 3. The fourth-order valence-electron chi connectivity index (χ4n) is 1.51. The second kappa shape index (κ2) is 5.30. The lowest BCUT2D eigenvalue weighted by atomic mass is 10.3. The molecule has 0 unspecified atom stereocenters. The lowest BCUT2D eigenvalue weighted by molar-refractivity contribution is -0.116. The fraction of sp³-hybridized carbons (Fsp3) is 0.0833. The summed E-state index contributed by atoms with van der Waals surface area (Å²) < 4.78 is 13.7. The van der Waals surface area contributed by atoms with E-state index in [1.807, 2.05) is 0 Å². The highest BCUT2D eigenvalue weighted by atomic mass is 19.1. The van der Waals surface area contributed by atoms with Crippen molar-refractivity contribution in [1.82, 2.24) is 9.78 Å². The van der Waals surface area contributed by atoms with Crippen LogP contribution < -0.4 is 5.32 Å². The number of carboxylic acid groups (broad SMARTS) is 1. The summed E-state index contributed by atoms with van der Waals surface area (Å²) in [6.45, 7) is -0.230. The predicted octanol–water partition coefficient (Wildman–Crippen LogP) is 1.36. The second-order valence-electron chi connectivity index (χ2n) is 3.73. The Labute approximate surface area is 107 Å². The van der Waals surface area contributed by atoms with E-state index in [1.165, 1.54) is 36.5 Å². The van der Waals surface area contributed by atoms with Crippen molar-refractivity contribution >= 4 is 17.6 Å². The van der Waals surface area contributed by atoms with Gasteiger partial charge in [0.2, 0.25) is 5.91 Å². The third kappa shape index (κ3) is 3.15. The number of carbonyl (C=O) groups is 2. The number of nitrogens with zero attached hydrogens (tertiary/aromatic N) is 2. The fourth-order valence-corrected chi connectivity index (χ4v) is 1.51. The van der Waals surface area contributed by atoms with Gasteiger partial charge in [-0.3, -0.25) is 4.79 Å². The number of carboxylic acids is 1. The zero-order valence-electron chi connectivity index (χ0n) is 9.71. The van der Waals surface area contributed by atoms with Crippen LogP contribution in [0, 0.1) is 5.82 Å². The highest BCUT2D eigenvalue weighted by molar-refractivity contribution is 5.91. The standard InChI is InChI=1S/C12H10FN3O3/c13-8-1-3-9(4-2-8)15-11(17)7-16-10(12(18)19)5-6-14-16/h1-6H,7H2,(H,15,17)(H,18,19). The zero-order valence-corrected chi connectivity index (χ0v) is 9.71. The van der Waals surface area contributed by atoms with Crippen molar-refractivity contribution in [2.45, 2.75) is 6.54 Å². The summed E-state index contributed by atoms with van der Waals surface area (Å²) in [6.07, 6.45) is 1.30. The predicted molar refractivity (Wildman–Crippen MR) is 64.2 cm³/mol. The molecule has 0 atom stereocenters. The molecular weight excluding hydrogens is 253 g/mol. The molecular formula is C12H10FN3O3. The highest BCUT2D eigenvalue weighted by Gasteiger charge is 2.13. The summed E-state index contributed by atoms with van der Waals surface area (Å²) >= 11 is 0. The Hall–Kier alpha value is -2.70. The van der Waals surface area contributed by atoms with Crippen molar-refractivity contribution in [2.24, 2.45) is 0 Å². The Bertz CT molecular complexity index is 607. The summed E-state index contributed by atoms with van der Waals surface area (Å²) in [7, 11) is 0. The molecule has 7 heteroatoms. The summed E-state index contributed by atoms with van der Waals surface area (Å²) in [4.78, 5) is 22.5. The maximum absolute atomic E-state index is 12.7. The molecule has 1 aromatic heterocycles. The van der Waals surface area contributed by atoms with Gasteiger partial charge in [-0.1, -0.05) is 0 Å². The van der Waals surface area contributed by atoms with E-state index in [1.54, 1.807) is 0 Å². The Morgan fingerprint density at radius 3 is 2.58 bits per heavy atom. The smallest absolute Gasteiger partial charge is 0.354 e. The number of anilines is 1. The number of hydrogen-bond donors (Lipinski definition) is 2. The van der Waals surface area contributed by atoms with Gasteiger partial charge in [0.25, 0.3) is 0 Å². The molecule has 2 N–H and O–H groups in total. The maximum atomic E-state index is 12.7. The van der Waals surface area contributed by atoms with Crippen molar-refractivity contribution in [3.63, 3.8) is 0 Å². The van der Waals surface area contributed by atoms with Crippen LogP contribution in [-0.2, 0) is 11.3 Å². The Morgan fingerprint density at radius 2 is 1.95 bits per heavy atom. The molecule has 98 valence electrons. The van der Waals surface area contributed by atoms with E-state index >= 15 is 0 Å². The minimum atomic E-state index is -1.16. The third-order valence-electron chi connectivity index (χ3n) is 2.36.